The average Bonchev–Trinajstić information content (AvgIpc) is 2.75. The summed E-state index contributed by atoms with van der Waals surface area (Å²) in [5, 5.41) is 3.49. The second-order valence-corrected chi connectivity index (χ2v) is 9.58. The van der Waals surface area contributed by atoms with Crippen LogP contribution in [-0.4, -0.2) is 51.9 Å². The molecule has 8 nitrogen and oxygen atoms in total. The van der Waals surface area contributed by atoms with Gasteiger partial charge in [0, 0.05) is 24.7 Å². The first-order chi connectivity index (χ1) is 16.1. The van der Waals surface area contributed by atoms with Gasteiger partial charge in [0.25, 0.3) is 0 Å². The molecule has 1 saturated heterocycles. The third-order valence-electron chi connectivity index (χ3n) is 5.26. The predicted octanol–water partition coefficient (Wildman–Crippen LogP) is 4.47. The molecular weight excluding hydrogens is 437 g/mol. The maximum atomic E-state index is 14.8. The zero-order chi connectivity index (χ0) is 24.5. The van der Waals surface area contributed by atoms with E-state index in [4.69, 9.17) is 9.47 Å². The van der Waals surface area contributed by atoms with E-state index < -0.39 is 17.5 Å². The molecule has 0 aromatic carbocycles. The number of fused-ring (bicyclic) bond motifs is 1. The number of amides is 1. The van der Waals surface area contributed by atoms with Crippen LogP contribution in [0.5, 0.6) is 0 Å². The number of carbonyl (C=O) groups excluding carboxylic acids is 1. The second kappa shape index (κ2) is 9.50. The average molecular weight is 468 g/mol. The van der Waals surface area contributed by atoms with Crippen LogP contribution in [0.25, 0.3) is 22.3 Å². The van der Waals surface area contributed by atoms with Crippen molar-refractivity contribution < 1.29 is 18.7 Å². The van der Waals surface area contributed by atoms with Crippen molar-refractivity contribution in [2.45, 2.75) is 59.0 Å². The van der Waals surface area contributed by atoms with E-state index >= 15 is 0 Å². The molecule has 2 atom stereocenters. The van der Waals surface area contributed by atoms with Crippen LogP contribution >= 0.6 is 0 Å². The Morgan fingerprint density at radius 3 is 2.62 bits per heavy atom. The van der Waals surface area contributed by atoms with Crippen LogP contribution in [0.2, 0.25) is 0 Å². The molecule has 0 radical (unpaired) electrons. The number of ether oxygens (including phenoxy) is 2. The number of carbonyl (C=O) groups is 1. The molecule has 2 unspecified atom stereocenters. The Hall–Kier alpha value is -3.33. The largest absolute Gasteiger partial charge is 0.444 e. The Labute approximate surface area is 198 Å². The molecule has 4 heterocycles. The molecule has 1 N–H and O–H groups in total. The molecule has 0 saturated carbocycles. The fourth-order valence-electron chi connectivity index (χ4n) is 3.92. The number of nitrogens with one attached hydrogen (secondary N) is 1. The molecule has 1 amide bonds. The number of hydrogen-bond acceptors (Lipinski definition) is 7. The lowest BCUT2D eigenvalue weighted by Gasteiger charge is -2.36. The van der Waals surface area contributed by atoms with Crippen molar-refractivity contribution in [3.8, 4) is 11.4 Å². The van der Waals surface area contributed by atoms with E-state index in [1.165, 1.54) is 6.07 Å². The van der Waals surface area contributed by atoms with Crippen molar-refractivity contribution in [2.75, 3.05) is 18.0 Å². The number of pyridine rings is 3. The van der Waals surface area contributed by atoms with Crippen molar-refractivity contribution in [1.29, 1.82) is 0 Å². The van der Waals surface area contributed by atoms with Crippen molar-refractivity contribution in [3.05, 3.63) is 48.0 Å². The first-order valence-electron chi connectivity index (χ1n) is 11.4. The lowest BCUT2D eigenvalue weighted by atomic mass is 10.1. The van der Waals surface area contributed by atoms with Crippen LogP contribution in [0.4, 0.5) is 15.0 Å². The van der Waals surface area contributed by atoms with Gasteiger partial charge in [0.1, 0.15) is 17.1 Å². The summed E-state index contributed by atoms with van der Waals surface area (Å²) in [6, 6.07) is 8.46. The minimum absolute atomic E-state index is 0.0676. The Morgan fingerprint density at radius 1 is 1.18 bits per heavy atom. The van der Waals surface area contributed by atoms with E-state index in [1.54, 1.807) is 45.2 Å². The Kier molecular flexibility index (Phi) is 6.65. The van der Waals surface area contributed by atoms with E-state index in [9.17, 15) is 9.18 Å². The first-order valence-corrected chi connectivity index (χ1v) is 11.4. The highest BCUT2D eigenvalue weighted by Gasteiger charge is 2.24. The lowest BCUT2D eigenvalue weighted by Crippen LogP contribution is -2.45. The summed E-state index contributed by atoms with van der Waals surface area (Å²) < 4.78 is 25.8. The minimum Gasteiger partial charge on any atom is -0.444 e. The van der Waals surface area contributed by atoms with Crippen molar-refractivity contribution in [1.82, 2.24) is 20.3 Å². The van der Waals surface area contributed by atoms with Crippen LogP contribution in [0, 0.1) is 5.82 Å². The molecule has 3 aromatic rings. The van der Waals surface area contributed by atoms with Gasteiger partial charge in [-0.05, 0) is 65.0 Å². The van der Waals surface area contributed by atoms with Gasteiger partial charge in [0.05, 0.1) is 35.7 Å². The number of alkyl carbamates (subject to hydrolysis) is 1. The second-order valence-electron chi connectivity index (χ2n) is 9.58. The van der Waals surface area contributed by atoms with Crippen LogP contribution in [-0.2, 0) is 16.0 Å². The smallest absolute Gasteiger partial charge is 0.407 e. The van der Waals surface area contributed by atoms with Gasteiger partial charge < -0.3 is 19.7 Å². The highest BCUT2D eigenvalue weighted by atomic mass is 19.1. The summed E-state index contributed by atoms with van der Waals surface area (Å²) in [5.74, 6) is 0.253. The molecule has 34 heavy (non-hydrogen) atoms. The van der Waals surface area contributed by atoms with Gasteiger partial charge >= 0.3 is 6.09 Å². The van der Waals surface area contributed by atoms with Crippen molar-refractivity contribution in [3.63, 3.8) is 0 Å². The molecule has 0 spiro atoms. The van der Waals surface area contributed by atoms with Crippen LogP contribution in [0.3, 0.4) is 0 Å². The van der Waals surface area contributed by atoms with Gasteiger partial charge in [0.15, 0.2) is 5.82 Å². The molecular formula is C25H30FN5O3. The summed E-state index contributed by atoms with van der Waals surface area (Å²) in [6.07, 6.45) is 1.29. The molecule has 1 fully saturated rings. The Bertz CT molecular complexity index is 1190. The summed E-state index contributed by atoms with van der Waals surface area (Å²) in [4.78, 5) is 27.6. The van der Waals surface area contributed by atoms with Gasteiger partial charge in [-0.1, -0.05) is 0 Å². The summed E-state index contributed by atoms with van der Waals surface area (Å²) in [5.41, 5.74) is 1.28. The zero-order valence-corrected chi connectivity index (χ0v) is 20.1. The number of nitrogens with zero attached hydrogens (tertiary/aromatic N) is 4. The summed E-state index contributed by atoms with van der Waals surface area (Å²) in [6.45, 7) is 11.0. The van der Waals surface area contributed by atoms with Crippen LogP contribution in [0.15, 0.2) is 36.5 Å². The highest BCUT2D eigenvalue weighted by molar-refractivity contribution is 5.81. The number of aromatic nitrogens is 3. The molecule has 0 bridgehead atoms. The van der Waals surface area contributed by atoms with Crippen LogP contribution in [0.1, 0.15) is 40.3 Å². The SMILES string of the molecule is CC1CN(c2ccc(F)c(-c3ccc4cnc(CNC(=O)OC(C)(C)C)cc4n3)n2)CC(C)O1. The summed E-state index contributed by atoms with van der Waals surface area (Å²) >= 11 is 0. The van der Waals surface area contributed by atoms with Gasteiger partial charge in [-0.3, -0.25) is 4.98 Å². The molecule has 4 rings (SSSR count). The fraction of sp³-hybridized carbons (Fsp3) is 0.440. The third-order valence-corrected chi connectivity index (χ3v) is 5.26. The van der Waals surface area contributed by atoms with Crippen molar-refractivity contribution in [2.24, 2.45) is 0 Å². The normalized spacial score (nSPS) is 18.7. The standard InChI is InChI=1S/C25H30FN5O3/c1-15-13-31(14-16(2)33-15)22-9-7-19(26)23(30-22)20-8-6-17-11-27-18(10-21(17)29-20)12-28-24(32)34-25(3,4)5/h6-11,15-16H,12-14H2,1-5H3,(H,28,32). The van der Waals surface area contributed by atoms with Gasteiger partial charge in [-0.2, -0.15) is 0 Å². The number of morpholine rings is 1. The zero-order valence-electron chi connectivity index (χ0n) is 20.1. The molecule has 1 aliphatic rings. The van der Waals surface area contributed by atoms with E-state index in [0.29, 0.717) is 35.8 Å². The lowest BCUT2D eigenvalue weighted by molar-refractivity contribution is -0.00546. The Balaban J connectivity index is 1.58. The Morgan fingerprint density at radius 2 is 1.91 bits per heavy atom. The monoisotopic (exact) mass is 467 g/mol. The van der Waals surface area contributed by atoms with Crippen LogP contribution < -0.4 is 10.2 Å². The highest BCUT2D eigenvalue weighted by Crippen LogP contribution is 2.26. The minimum atomic E-state index is -0.583. The van der Waals surface area contributed by atoms with Gasteiger partial charge in [0.2, 0.25) is 0 Å². The third kappa shape index (κ3) is 5.77. The van der Waals surface area contributed by atoms with E-state index in [2.05, 4.69) is 25.2 Å². The quantitative estimate of drug-likeness (QED) is 0.606. The molecule has 0 aliphatic carbocycles. The number of hydrogen-bond donors (Lipinski definition) is 1. The van der Waals surface area contributed by atoms with Crippen molar-refractivity contribution >= 4 is 22.8 Å². The predicted molar refractivity (Wildman–Crippen MR) is 128 cm³/mol. The fourth-order valence-corrected chi connectivity index (χ4v) is 3.92. The topological polar surface area (TPSA) is 89.5 Å². The molecule has 9 heteroatoms. The maximum absolute atomic E-state index is 14.8. The van der Waals surface area contributed by atoms with E-state index in [-0.39, 0.29) is 24.4 Å². The molecule has 180 valence electrons. The first kappa shape index (κ1) is 23.8. The van der Waals surface area contributed by atoms with Gasteiger partial charge in [-0.15, -0.1) is 0 Å². The number of anilines is 1. The summed E-state index contributed by atoms with van der Waals surface area (Å²) in [7, 11) is 0. The maximum Gasteiger partial charge on any atom is 0.407 e. The van der Waals surface area contributed by atoms with E-state index in [1.807, 2.05) is 19.9 Å². The van der Waals surface area contributed by atoms with Gasteiger partial charge in [-0.25, -0.2) is 19.2 Å². The molecule has 3 aromatic heterocycles. The number of halogens is 1. The number of rotatable bonds is 4. The van der Waals surface area contributed by atoms with E-state index in [0.717, 1.165) is 5.39 Å². The molecule has 1 aliphatic heterocycles.